The van der Waals surface area contributed by atoms with Gasteiger partial charge in [-0.2, -0.15) is 17.6 Å². The van der Waals surface area contributed by atoms with Gasteiger partial charge in [0, 0.05) is 16.7 Å². The van der Waals surface area contributed by atoms with Crippen LogP contribution in [0.1, 0.15) is 58.9 Å². The fraction of sp³-hybridized carbons (Fsp3) is 0.257. The molecule has 0 amide bonds. The molecule has 4 rings (SSSR count). The second-order valence-corrected chi connectivity index (χ2v) is 13.7. The molecule has 0 fully saturated rings. The molecule has 0 aromatic heterocycles. The quantitative estimate of drug-likeness (QED) is 0.0736. The third kappa shape index (κ3) is 7.47. The molecule has 0 heterocycles. The Hall–Kier alpha value is -4.11. The summed E-state index contributed by atoms with van der Waals surface area (Å²) in [5.41, 5.74) is -6.60. The molecule has 6 nitrogen and oxygen atoms in total. The van der Waals surface area contributed by atoms with Crippen LogP contribution in [0.3, 0.4) is 0 Å². The monoisotopic (exact) mass is 656 g/mol. The highest BCUT2D eigenvalue weighted by atomic mass is 31.2. The standard InChI is InChI=1S/C35H33F4O6P/c1-32(2,3)45-31(41)34(36,37)28-18-14-24(15-19-28)22-33(27-12-8-5-9-13-27,30(40)26-10-6-4-7-11-26)23-25-16-20-29(21-17-25)35(38,39)46(42,43)44/h4-21H,22-23H2,1-3H3,(H2,42,43,44). The van der Waals surface area contributed by atoms with Crippen LogP contribution in [-0.4, -0.2) is 27.1 Å². The van der Waals surface area contributed by atoms with Crippen molar-refractivity contribution in [2.75, 3.05) is 0 Å². The Morgan fingerprint density at radius 2 is 1.09 bits per heavy atom. The lowest BCUT2D eigenvalue weighted by Crippen LogP contribution is -2.41. The summed E-state index contributed by atoms with van der Waals surface area (Å²) in [6, 6.07) is 26.4. The van der Waals surface area contributed by atoms with Crippen LogP contribution in [0.5, 0.6) is 0 Å². The fourth-order valence-corrected chi connectivity index (χ4v) is 5.65. The Bertz CT molecular complexity index is 1720. The zero-order valence-electron chi connectivity index (χ0n) is 25.3. The number of alkyl halides is 4. The van der Waals surface area contributed by atoms with Crippen LogP contribution in [0.25, 0.3) is 0 Å². The SMILES string of the molecule is CC(C)(C)OC(=O)C(F)(F)c1ccc(CC(Cc2ccc(C(F)(F)P(=O)(O)O)cc2)(C(=O)c2ccccc2)c2ccccc2)cc1. The van der Waals surface area contributed by atoms with Gasteiger partial charge in [-0.05, 0) is 50.3 Å². The predicted octanol–water partition coefficient (Wildman–Crippen LogP) is 7.95. The van der Waals surface area contributed by atoms with E-state index < -0.39 is 47.3 Å². The van der Waals surface area contributed by atoms with E-state index in [1.807, 2.05) is 0 Å². The highest BCUT2D eigenvalue weighted by Gasteiger charge is 2.50. The number of rotatable bonds is 11. The van der Waals surface area contributed by atoms with E-state index in [4.69, 9.17) is 14.5 Å². The van der Waals surface area contributed by atoms with Crippen molar-refractivity contribution in [3.05, 3.63) is 143 Å². The third-order valence-electron chi connectivity index (χ3n) is 7.45. The van der Waals surface area contributed by atoms with E-state index in [0.29, 0.717) is 22.3 Å². The molecule has 0 saturated heterocycles. The summed E-state index contributed by atoms with van der Waals surface area (Å²) in [6.45, 7) is 4.44. The summed E-state index contributed by atoms with van der Waals surface area (Å²) in [5, 5.41) is 0. The van der Waals surface area contributed by atoms with Gasteiger partial charge < -0.3 is 14.5 Å². The van der Waals surface area contributed by atoms with Crippen LogP contribution in [0.15, 0.2) is 109 Å². The fourth-order valence-electron chi connectivity index (χ4n) is 5.16. The second-order valence-electron chi connectivity index (χ2n) is 12.1. The van der Waals surface area contributed by atoms with Gasteiger partial charge in [-0.25, -0.2) is 4.79 Å². The number of carbonyl (C=O) groups excluding carboxylic acids is 2. The number of halogens is 4. The van der Waals surface area contributed by atoms with Crippen molar-refractivity contribution >= 4 is 19.3 Å². The van der Waals surface area contributed by atoms with Gasteiger partial charge in [-0.1, -0.05) is 109 Å². The Labute approximate surface area is 264 Å². The van der Waals surface area contributed by atoms with Gasteiger partial charge in [-0.15, -0.1) is 0 Å². The molecule has 242 valence electrons. The lowest BCUT2D eigenvalue weighted by Gasteiger charge is -2.34. The molecule has 1 atom stereocenters. The minimum Gasteiger partial charge on any atom is -0.455 e. The lowest BCUT2D eigenvalue weighted by molar-refractivity contribution is -0.185. The number of ether oxygens (including phenoxy) is 1. The van der Waals surface area contributed by atoms with Gasteiger partial charge in [0.25, 0.3) is 0 Å². The van der Waals surface area contributed by atoms with Crippen LogP contribution in [0.4, 0.5) is 17.6 Å². The first-order chi connectivity index (χ1) is 21.4. The van der Waals surface area contributed by atoms with E-state index in [9.17, 15) is 22.9 Å². The minimum absolute atomic E-state index is 0.0105. The van der Waals surface area contributed by atoms with Crippen molar-refractivity contribution in [3.63, 3.8) is 0 Å². The Balaban J connectivity index is 1.80. The summed E-state index contributed by atoms with van der Waals surface area (Å²) in [5.74, 6) is -5.95. The molecule has 1 unspecified atom stereocenters. The van der Waals surface area contributed by atoms with Crippen molar-refractivity contribution in [2.24, 2.45) is 0 Å². The summed E-state index contributed by atoms with van der Waals surface area (Å²) >= 11 is 0. The molecule has 11 heteroatoms. The summed E-state index contributed by atoms with van der Waals surface area (Å²) in [6.07, 6.45) is -0.0499. The molecule has 4 aromatic rings. The molecule has 0 spiro atoms. The highest BCUT2D eigenvalue weighted by Crippen LogP contribution is 2.59. The summed E-state index contributed by atoms with van der Waals surface area (Å²) in [7, 11) is -5.80. The maximum atomic E-state index is 15.0. The number of ketones is 1. The first kappa shape index (κ1) is 34.8. The van der Waals surface area contributed by atoms with Gasteiger partial charge in [0.1, 0.15) is 5.60 Å². The third-order valence-corrected chi connectivity index (χ3v) is 8.44. The molecule has 0 aliphatic heterocycles. The first-order valence-corrected chi connectivity index (χ1v) is 15.9. The zero-order valence-corrected chi connectivity index (χ0v) is 26.2. The van der Waals surface area contributed by atoms with Gasteiger partial charge in [0.05, 0.1) is 5.41 Å². The van der Waals surface area contributed by atoms with Crippen molar-refractivity contribution < 1.29 is 46.2 Å². The largest absolute Gasteiger partial charge is 0.455 e. The Morgan fingerprint density at radius 1 is 0.652 bits per heavy atom. The highest BCUT2D eigenvalue weighted by molar-refractivity contribution is 7.52. The topological polar surface area (TPSA) is 101 Å². The number of Topliss-reactive ketones (excluding diaryl/α,β-unsaturated/α-hetero) is 1. The second kappa shape index (κ2) is 12.9. The van der Waals surface area contributed by atoms with E-state index in [1.165, 1.54) is 45.0 Å². The first-order valence-electron chi connectivity index (χ1n) is 14.3. The molecule has 0 aliphatic rings. The Kier molecular flexibility index (Phi) is 9.78. The van der Waals surface area contributed by atoms with Crippen LogP contribution in [0.2, 0.25) is 0 Å². The van der Waals surface area contributed by atoms with Gasteiger partial charge in [0.2, 0.25) is 0 Å². The molecule has 0 radical (unpaired) electrons. The maximum Gasteiger partial charge on any atom is 0.399 e. The van der Waals surface area contributed by atoms with E-state index in [2.05, 4.69) is 0 Å². The molecule has 0 bridgehead atoms. The number of benzene rings is 4. The van der Waals surface area contributed by atoms with E-state index in [1.54, 1.807) is 60.7 Å². The maximum absolute atomic E-state index is 15.0. The molecule has 2 N–H and O–H groups in total. The van der Waals surface area contributed by atoms with E-state index in [0.717, 1.165) is 24.3 Å². The summed E-state index contributed by atoms with van der Waals surface area (Å²) in [4.78, 5) is 45.1. The molecule has 46 heavy (non-hydrogen) atoms. The summed E-state index contributed by atoms with van der Waals surface area (Å²) < 4.78 is 75.1. The van der Waals surface area contributed by atoms with Crippen LogP contribution < -0.4 is 0 Å². The van der Waals surface area contributed by atoms with Crippen LogP contribution in [-0.2, 0) is 43.9 Å². The molecule has 4 aromatic carbocycles. The number of carbonyl (C=O) groups is 2. The molecule has 0 saturated carbocycles. The normalized spacial score (nSPS) is 13.9. The van der Waals surface area contributed by atoms with E-state index >= 15 is 8.78 Å². The van der Waals surface area contributed by atoms with Crippen molar-refractivity contribution in [2.45, 2.75) is 56.2 Å². The van der Waals surface area contributed by atoms with E-state index in [-0.39, 0.29) is 18.6 Å². The van der Waals surface area contributed by atoms with Gasteiger partial charge in [0.15, 0.2) is 5.78 Å². The molecular formula is C35H33F4O6P. The minimum atomic E-state index is -5.80. The number of hydrogen-bond acceptors (Lipinski definition) is 4. The van der Waals surface area contributed by atoms with Crippen LogP contribution in [0, 0.1) is 0 Å². The Morgan fingerprint density at radius 3 is 1.52 bits per heavy atom. The van der Waals surface area contributed by atoms with Crippen molar-refractivity contribution in [3.8, 4) is 0 Å². The average Bonchev–Trinajstić information content (AvgIpc) is 3.00. The number of hydrogen-bond donors (Lipinski definition) is 2. The van der Waals surface area contributed by atoms with Gasteiger partial charge in [-0.3, -0.25) is 9.36 Å². The van der Waals surface area contributed by atoms with Crippen molar-refractivity contribution in [1.82, 2.24) is 0 Å². The number of esters is 1. The zero-order chi connectivity index (χ0) is 34.0. The predicted molar refractivity (Wildman–Crippen MR) is 165 cm³/mol. The van der Waals surface area contributed by atoms with Crippen LogP contribution >= 0.6 is 7.60 Å². The average molecular weight is 657 g/mol. The molecular weight excluding hydrogens is 623 g/mol. The van der Waals surface area contributed by atoms with Crippen molar-refractivity contribution in [1.29, 1.82) is 0 Å². The van der Waals surface area contributed by atoms with Gasteiger partial charge >= 0.3 is 25.2 Å². The molecule has 0 aliphatic carbocycles. The smallest absolute Gasteiger partial charge is 0.399 e. The lowest BCUT2D eigenvalue weighted by atomic mass is 9.67.